The van der Waals surface area contributed by atoms with Crippen molar-refractivity contribution < 1.29 is 19.0 Å². The summed E-state index contributed by atoms with van der Waals surface area (Å²) in [6.45, 7) is 2.78. The summed E-state index contributed by atoms with van der Waals surface area (Å²) in [5.41, 5.74) is 0. The monoisotopic (exact) mass is 198 g/mol. The molecule has 7 heteroatoms. The Labute approximate surface area is 72.6 Å². The van der Waals surface area contributed by atoms with Gasteiger partial charge in [-0.2, -0.15) is 4.31 Å². The summed E-state index contributed by atoms with van der Waals surface area (Å²) in [7, 11) is -3.41. The number of rotatable bonds is 4. The minimum Gasteiger partial charge on any atom is -0.480 e. The molecule has 0 aliphatic carbocycles. The average molecular weight is 198 g/mol. The van der Waals surface area contributed by atoms with E-state index in [9.17, 15) is 4.79 Å². The quantitative estimate of drug-likeness (QED) is 0.518. The van der Waals surface area contributed by atoms with E-state index in [4.69, 9.17) is 19.4 Å². The van der Waals surface area contributed by atoms with Gasteiger partial charge < -0.3 is 5.11 Å². The molecule has 0 spiro atoms. The van der Waals surface area contributed by atoms with Crippen molar-refractivity contribution in [1.82, 2.24) is 4.31 Å². The van der Waals surface area contributed by atoms with Gasteiger partial charge in [0.1, 0.15) is 6.54 Å². The van der Waals surface area contributed by atoms with Gasteiger partial charge in [-0.15, -0.1) is 0 Å². The summed E-state index contributed by atoms with van der Waals surface area (Å²) in [4.78, 5) is 10.3. The highest BCUT2D eigenvalue weighted by Crippen LogP contribution is 2.35. The number of carbonyl (C=O) groups is 1. The number of carboxylic acid groups (broad SMARTS) is 1. The molecule has 0 heterocycles. The van der Waals surface area contributed by atoms with E-state index in [2.05, 4.69) is 0 Å². The maximum Gasteiger partial charge on any atom is 0.319 e. The molecule has 0 fully saturated rings. The number of hydrogen-bond acceptors (Lipinski definition) is 5. The van der Waals surface area contributed by atoms with E-state index in [1.807, 2.05) is 0 Å². The zero-order chi connectivity index (χ0) is 9.94. The maximum absolute atomic E-state index is 10.3. The molecule has 0 radical (unpaired) electrons. The summed E-state index contributed by atoms with van der Waals surface area (Å²) >= 11 is 0. The van der Waals surface area contributed by atoms with Crippen LogP contribution in [0.1, 0.15) is 13.8 Å². The van der Waals surface area contributed by atoms with Crippen molar-refractivity contribution in [3.05, 3.63) is 0 Å². The van der Waals surface area contributed by atoms with Gasteiger partial charge in [0.05, 0.1) is 0 Å². The third-order valence-electron chi connectivity index (χ3n) is 1.21. The minimum absolute atomic E-state index is 0.323. The molecule has 0 unspecified atom stereocenters. The van der Waals surface area contributed by atoms with Gasteiger partial charge in [-0.1, -0.05) is 11.0 Å². The van der Waals surface area contributed by atoms with Crippen LogP contribution in [0.15, 0.2) is 0 Å². The lowest BCUT2D eigenvalue weighted by molar-refractivity contribution is -0.137. The molecule has 0 saturated heterocycles. The SMILES string of the molecule is CC(C)N(CC(=O)O)S(N)(O)O. The van der Waals surface area contributed by atoms with Crippen LogP contribution in [-0.2, 0) is 4.79 Å². The van der Waals surface area contributed by atoms with Gasteiger partial charge in [0.25, 0.3) is 0 Å². The highest BCUT2D eigenvalue weighted by molar-refractivity contribution is 8.20. The Morgan fingerprint density at radius 2 is 2.00 bits per heavy atom. The first-order valence-corrected chi connectivity index (χ1v) is 4.86. The largest absolute Gasteiger partial charge is 0.480 e. The van der Waals surface area contributed by atoms with E-state index in [0.29, 0.717) is 0 Å². The molecule has 12 heavy (non-hydrogen) atoms. The molecule has 0 saturated carbocycles. The third kappa shape index (κ3) is 3.88. The van der Waals surface area contributed by atoms with E-state index in [1.54, 1.807) is 13.8 Å². The van der Waals surface area contributed by atoms with E-state index in [-0.39, 0.29) is 6.04 Å². The Morgan fingerprint density at radius 3 is 2.08 bits per heavy atom. The van der Waals surface area contributed by atoms with Gasteiger partial charge in [0, 0.05) is 6.04 Å². The van der Waals surface area contributed by atoms with Crippen molar-refractivity contribution in [2.24, 2.45) is 5.14 Å². The molecule has 0 aromatic heterocycles. The Balaban J connectivity index is 4.35. The lowest BCUT2D eigenvalue weighted by atomic mass is 10.4. The molecule has 5 N–H and O–H groups in total. The fourth-order valence-electron chi connectivity index (χ4n) is 0.721. The molecule has 0 aliphatic rings. The molecule has 0 amide bonds. The first kappa shape index (κ1) is 11.7. The molecule has 0 aliphatic heterocycles. The second-order valence-electron chi connectivity index (χ2n) is 2.62. The van der Waals surface area contributed by atoms with Crippen LogP contribution in [0.25, 0.3) is 0 Å². The molecular weight excluding hydrogens is 184 g/mol. The maximum atomic E-state index is 10.3. The molecule has 0 bridgehead atoms. The molecular formula is C5H14N2O4S. The lowest BCUT2D eigenvalue weighted by Crippen LogP contribution is -2.41. The van der Waals surface area contributed by atoms with Crippen molar-refractivity contribution in [1.29, 1.82) is 0 Å². The first-order valence-electron chi connectivity index (χ1n) is 3.29. The van der Waals surface area contributed by atoms with Crippen molar-refractivity contribution in [2.75, 3.05) is 6.54 Å². The van der Waals surface area contributed by atoms with Crippen molar-refractivity contribution >= 4 is 16.9 Å². The van der Waals surface area contributed by atoms with Crippen molar-refractivity contribution in [2.45, 2.75) is 19.9 Å². The van der Waals surface area contributed by atoms with Gasteiger partial charge in [-0.25, -0.2) is 5.14 Å². The highest BCUT2D eigenvalue weighted by Gasteiger charge is 2.23. The smallest absolute Gasteiger partial charge is 0.319 e. The Kier molecular flexibility index (Phi) is 3.94. The topological polar surface area (TPSA) is 107 Å². The van der Waals surface area contributed by atoms with Crippen LogP contribution >= 0.6 is 11.0 Å². The first-order chi connectivity index (χ1) is 5.25. The van der Waals surface area contributed by atoms with E-state index >= 15 is 0 Å². The minimum atomic E-state index is -3.41. The summed E-state index contributed by atoms with van der Waals surface area (Å²) in [5.74, 6) is -1.14. The summed E-state index contributed by atoms with van der Waals surface area (Å²) in [6, 6.07) is -0.323. The molecule has 0 aromatic carbocycles. The van der Waals surface area contributed by atoms with Crippen LogP contribution in [-0.4, -0.2) is 37.1 Å². The lowest BCUT2D eigenvalue weighted by Gasteiger charge is -2.40. The van der Waals surface area contributed by atoms with E-state index < -0.39 is 23.5 Å². The number of carboxylic acids is 1. The van der Waals surface area contributed by atoms with E-state index in [1.165, 1.54) is 0 Å². The Hall–Kier alpha value is -0.340. The van der Waals surface area contributed by atoms with Gasteiger partial charge >= 0.3 is 5.97 Å². The third-order valence-corrected chi connectivity index (χ3v) is 2.45. The second-order valence-corrected chi connectivity index (χ2v) is 4.22. The summed E-state index contributed by atoms with van der Waals surface area (Å²) in [6.07, 6.45) is 0. The molecule has 0 rings (SSSR count). The van der Waals surface area contributed by atoms with Crippen LogP contribution in [0.5, 0.6) is 0 Å². The number of aliphatic carboxylic acids is 1. The van der Waals surface area contributed by atoms with Gasteiger partial charge in [0.2, 0.25) is 0 Å². The van der Waals surface area contributed by atoms with Gasteiger partial charge in [-0.3, -0.25) is 13.9 Å². The van der Waals surface area contributed by atoms with Crippen LogP contribution in [0, 0.1) is 0 Å². The van der Waals surface area contributed by atoms with Gasteiger partial charge in [0.15, 0.2) is 0 Å². The van der Waals surface area contributed by atoms with Crippen molar-refractivity contribution in [3.63, 3.8) is 0 Å². The normalized spacial score (nSPS) is 13.9. The van der Waals surface area contributed by atoms with Crippen molar-refractivity contribution in [3.8, 4) is 0 Å². The predicted molar refractivity (Wildman–Crippen MR) is 46.5 cm³/mol. The Morgan fingerprint density at radius 1 is 1.58 bits per heavy atom. The number of nitrogens with two attached hydrogens (primary N) is 1. The predicted octanol–water partition coefficient (Wildman–Crippen LogP) is 0.321. The summed E-state index contributed by atoms with van der Waals surface area (Å²) in [5, 5.41) is 13.4. The van der Waals surface area contributed by atoms with Crippen LogP contribution in [0.3, 0.4) is 0 Å². The fraction of sp³-hybridized carbons (Fsp3) is 0.800. The standard InChI is InChI=1S/C5H14N2O4S/c1-4(2)7(3-5(8)9)12(6,10)11/h4,10-11H,3,6H2,1-2H3,(H,8,9). The number of hydrogen-bond donors (Lipinski definition) is 4. The number of nitrogens with zero attached hydrogens (tertiary/aromatic N) is 1. The molecule has 0 atom stereocenters. The van der Waals surface area contributed by atoms with Crippen LogP contribution in [0.2, 0.25) is 0 Å². The zero-order valence-electron chi connectivity index (χ0n) is 6.97. The second kappa shape index (κ2) is 4.06. The average Bonchev–Trinajstić information content (AvgIpc) is 1.79. The molecule has 6 nitrogen and oxygen atoms in total. The fourth-order valence-corrected chi connectivity index (χ4v) is 1.64. The van der Waals surface area contributed by atoms with E-state index in [0.717, 1.165) is 4.31 Å². The Bertz CT molecular complexity index is 167. The molecule has 74 valence electrons. The summed E-state index contributed by atoms with van der Waals surface area (Å²) < 4.78 is 18.9. The zero-order valence-corrected chi connectivity index (χ0v) is 7.78. The van der Waals surface area contributed by atoms with Crippen LogP contribution < -0.4 is 5.14 Å². The highest BCUT2D eigenvalue weighted by atomic mass is 32.3. The molecule has 0 aromatic rings. The van der Waals surface area contributed by atoms with Crippen LogP contribution in [0.4, 0.5) is 0 Å². The van der Waals surface area contributed by atoms with Gasteiger partial charge in [-0.05, 0) is 13.8 Å².